The summed E-state index contributed by atoms with van der Waals surface area (Å²) in [5.41, 5.74) is 2.87. The molecule has 27 heavy (non-hydrogen) atoms. The van der Waals surface area contributed by atoms with E-state index >= 15 is 0 Å². The van der Waals surface area contributed by atoms with Crippen molar-refractivity contribution in [3.8, 4) is 11.5 Å². The summed E-state index contributed by atoms with van der Waals surface area (Å²) in [7, 11) is 0. The fourth-order valence-corrected chi connectivity index (χ4v) is 4.51. The summed E-state index contributed by atoms with van der Waals surface area (Å²) >= 11 is 0. The molecule has 142 valence electrons. The van der Waals surface area contributed by atoms with Crippen molar-refractivity contribution in [2.75, 3.05) is 44.3 Å². The van der Waals surface area contributed by atoms with Gasteiger partial charge < -0.3 is 19.5 Å². The number of rotatable bonds is 2. The van der Waals surface area contributed by atoms with Gasteiger partial charge in [-0.3, -0.25) is 4.90 Å². The Morgan fingerprint density at radius 1 is 1.00 bits per heavy atom. The third kappa shape index (κ3) is 2.93. The van der Waals surface area contributed by atoms with E-state index in [1.807, 2.05) is 12.1 Å². The van der Waals surface area contributed by atoms with Gasteiger partial charge in [0.15, 0.2) is 11.5 Å². The zero-order valence-electron chi connectivity index (χ0n) is 15.1. The van der Waals surface area contributed by atoms with E-state index in [0.29, 0.717) is 19.6 Å². The van der Waals surface area contributed by atoms with Crippen LogP contribution in [-0.4, -0.2) is 55.4 Å². The van der Waals surface area contributed by atoms with Crippen LogP contribution in [0, 0.1) is 5.82 Å². The van der Waals surface area contributed by atoms with Gasteiger partial charge in [0.2, 0.25) is 0 Å². The summed E-state index contributed by atoms with van der Waals surface area (Å²) < 4.78 is 25.1. The molecule has 5 nitrogen and oxygen atoms in total. The summed E-state index contributed by atoms with van der Waals surface area (Å²) in [6.45, 7) is 4.57. The summed E-state index contributed by atoms with van der Waals surface area (Å²) in [6, 6.07) is 10.8. The Bertz CT molecular complexity index is 851. The van der Waals surface area contributed by atoms with E-state index in [0.717, 1.165) is 54.5 Å². The number of aliphatic hydroxyl groups is 1. The number of benzene rings is 2. The molecule has 0 spiro atoms. The lowest BCUT2D eigenvalue weighted by molar-refractivity contribution is 0.0571. The maximum atomic E-state index is 13.5. The Kier molecular flexibility index (Phi) is 4.17. The topological polar surface area (TPSA) is 45.2 Å². The number of aliphatic hydroxyl groups excluding tert-OH is 1. The van der Waals surface area contributed by atoms with E-state index in [4.69, 9.17) is 9.47 Å². The van der Waals surface area contributed by atoms with E-state index in [2.05, 4.69) is 15.9 Å². The molecule has 1 fully saturated rings. The Morgan fingerprint density at radius 3 is 2.67 bits per heavy atom. The van der Waals surface area contributed by atoms with Crippen LogP contribution in [0.15, 0.2) is 36.4 Å². The molecule has 0 saturated carbocycles. The Labute approximate surface area is 157 Å². The number of ether oxygens (including phenoxy) is 2. The van der Waals surface area contributed by atoms with Gasteiger partial charge in [0.25, 0.3) is 0 Å². The lowest BCUT2D eigenvalue weighted by Gasteiger charge is -2.40. The summed E-state index contributed by atoms with van der Waals surface area (Å²) in [5.74, 6) is 1.41. The minimum atomic E-state index is -0.548. The monoisotopic (exact) mass is 370 g/mol. The number of fused-ring (bicyclic) bond motifs is 2. The fourth-order valence-electron chi connectivity index (χ4n) is 4.51. The molecule has 2 aromatic carbocycles. The Hall–Kier alpha value is -2.31. The molecule has 6 heteroatoms. The lowest BCUT2D eigenvalue weighted by Crippen LogP contribution is -2.51. The van der Waals surface area contributed by atoms with Crippen molar-refractivity contribution in [2.45, 2.75) is 18.6 Å². The molecule has 1 aliphatic carbocycles. The van der Waals surface area contributed by atoms with Crippen LogP contribution >= 0.6 is 0 Å². The van der Waals surface area contributed by atoms with Crippen LogP contribution in [0.25, 0.3) is 0 Å². The second-order valence-electron chi connectivity index (χ2n) is 7.38. The van der Waals surface area contributed by atoms with E-state index < -0.39 is 6.10 Å². The average Bonchev–Trinajstić information content (AvgIpc) is 3.03. The quantitative estimate of drug-likeness (QED) is 0.880. The first-order valence-corrected chi connectivity index (χ1v) is 9.55. The van der Waals surface area contributed by atoms with E-state index in [-0.39, 0.29) is 11.9 Å². The highest BCUT2D eigenvalue weighted by atomic mass is 19.1. The maximum absolute atomic E-state index is 13.5. The van der Waals surface area contributed by atoms with Crippen LogP contribution in [-0.2, 0) is 6.42 Å². The minimum absolute atomic E-state index is 0.0215. The highest BCUT2D eigenvalue weighted by molar-refractivity contribution is 5.65. The second-order valence-corrected chi connectivity index (χ2v) is 7.38. The first kappa shape index (κ1) is 16.8. The third-order valence-electron chi connectivity index (χ3n) is 5.89. The molecule has 0 unspecified atom stereocenters. The number of halogens is 1. The standard InChI is InChI=1S/C21H23FN2O3/c22-15-4-5-16-14(12-15)13-18(20(16)25)24-8-6-23(7-9-24)17-2-1-3-19-21(17)27-11-10-26-19/h1-5,12,18,20,25H,6-11,13H2/t18-,20-/m1/s1. The van der Waals surface area contributed by atoms with E-state index in [9.17, 15) is 9.50 Å². The van der Waals surface area contributed by atoms with Gasteiger partial charge in [-0.1, -0.05) is 12.1 Å². The second kappa shape index (κ2) is 6.69. The van der Waals surface area contributed by atoms with Crippen molar-refractivity contribution in [3.05, 3.63) is 53.3 Å². The van der Waals surface area contributed by atoms with Crippen molar-refractivity contribution in [1.29, 1.82) is 0 Å². The predicted molar refractivity (Wildman–Crippen MR) is 100 cm³/mol. The van der Waals surface area contributed by atoms with Crippen molar-refractivity contribution < 1.29 is 19.0 Å². The van der Waals surface area contributed by atoms with Crippen LogP contribution < -0.4 is 14.4 Å². The van der Waals surface area contributed by atoms with Gasteiger partial charge in [-0.15, -0.1) is 0 Å². The largest absolute Gasteiger partial charge is 0.486 e. The van der Waals surface area contributed by atoms with Crippen LogP contribution in [0.5, 0.6) is 11.5 Å². The molecule has 0 aromatic heterocycles. The normalized spacial score (nSPS) is 24.7. The molecule has 0 bridgehead atoms. The smallest absolute Gasteiger partial charge is 0.184 e. The number of nitrogens with zero attached hydrogens (tertiary/aromatic N) is 2. The van der Waals surface area contributed by atoms with E-state index in [1.165, 1.54) is 6.07 Å². The summed E-state index contributed by atoms with van der Waals surface area (Å²) in [5, 5.41) is 10.7. The number of hydrogen-bond donors (Lipinski definition) is 1. The third-order valence-corrected chi connectivity index (χ3v) is 5.89. The summed E-state index contributed by atoms with van der Waals surface area (Å²) in [4.78, 5) is 4.64. The van der Waals surface area contributed by atoms with Gasteiger partial charge in [-0.2, -0.15) is 0 Å². The van der Waals surface area contributed by atoms with Gasteiger partial charge >= 0.3 is 0 Å². The zero-order chi connectivity index (χ0) is 18.4. The van der Waals surface area contributed by atoms with Gasteiger partial charge in [-0.05, 0) is 41.8 Å². The van der Waals surface area contributed by atoms with Gasteiger partial charge in [-0.25, -0.2) is 4.39 Å². The van der Waals surface area contributed by atoms with Crippen LogP contribution in [0.4, 0.5) is 10.1 Å². The first-order chi connectivity index (χ1) is 13.2. The maximum Gasteiger partial charge on any atom is 0.184 e. The fraction of sp³-hybridized carbons (Fsp3) is 0.429. The van der Waals surface area contributed by atoms with Gasteiger partial charge in [0.05, 0.1) is 11.8 Å². The zero-order valence-corrected chi connectivity index (χ0v) is 15.1. The van der Waals surface area contributed by atoms with Gasteiger partial charge in [0.1, 0.15) is 19.0 Å². The first-order valence-electron chi connectivity index (χ1n) is 9.55. The number of piperazine rings is 1. The molecular weight excluding hydrogens is 347 g/mol. The number of para-hydroxylation sites is 1. The lowest BCUT2D eigenvalue weighted by atomic mass is 10.1. The van der Waals surface area contributed by atoms with E-state index in [1.54, 1.807) is 12.1 Å². The number of anilines is 1. The molecule has 3 aliphatic rings. The number of hydrogen-bond acceptors (Lipinski definition) is 5. The molecule has 2 aliphatic heterocycles. The van der Waals surface area contributed by atoms with Crippen molar-refractivity contribution in [2.24, 2.45) is 0 Å². The molecule has 0 radical (unpaired) electrons. The molecule has 0 amide bonds. The molecule has 2 heterocycles. The Balaban J connectivity index is 1.29. The highest BCUT2D eigenvalue weighted by Gasteiger charge is 2.37. The van der Waals surface area contributed by atoms with Crippen LogP contribution in [0.2, 0.25) is 0 Å². The molecule has 5 rings (SSSR count). The van der Waals surface area contributed by atoms with Crippen molar-refractivity contribution >= 4 is 5.69 Å². The van der Waals surface area contributed by atoms with Crippen molar-refractivity contribution in [3.63, 3.8) is 0 Å². The van der Waals surface area contributed by atoms with Gasteiger partial charge in [0, 0.05) is 32.2 Å². The SMILES string of the molecule is O[C@@H]1c2ccc(F)cc2C[C@H]1N1CCN(c2cccc3c2OCCO3)CC1. The molecule has 2 atom stereocenters. The predicted octanol–water partition coefficient (Wildman–Crippen LogP) is 2.38. The highest BCUT2D eigenvalue weighted by Crippen LogP contribution is 2.40. The van der Waals surface area contributed by atoms with Crippen LogP contribution in [0.1, 0.15) is 17.2 Å². The molecule has 1 N–H and O–H groups in total. The minimum Gasteiger partial charge on any atom is -0.486 e. The molecule has 1 saturated heterocycles. The summed E-state index contributed by atoms with van der Waals surface area (Å²) in [6.07, 6.45) is 0.153. The Morgan fingerprint density at radius 2 is 1.81 bits per heavy atom. The molecular formula is C21H23FN2O3. The van der Waals surface area contributed by atoms with Crippen LogP contribution in [0.3, 0.4) is 0 Å². The van der Waals surface area contributed by atoms with Crippen molar-refractivity contribution in [1.82, 2.24) is 4.90 Å². The molecule has 2 aromatic rings. The average molecular weight is 370 g/mol.